The third-order valence-electron chi connectivity index (χ3n) is 4.20. The summed E-state index contributed by atoms with van der Waals surface area (Å²) in [5, 5.41) is 19.7. The summed E-state index contributed by atoms with van der Waals surface area (Å²) in [5.41, 5.74) is 4.97. The van der Waals surface area contributed by atoms with Crippen molar-refractivity contribution < 1.29 is 5.11 Å². The first-order valence-electron chi connectivity index (χ1n) is 7.69. The molecule has 1 N–H and O–H groups in total. The van der Waals surface area contributed by atoms with Crippen LogP contribution in [0.5, 0.6) is 0 Å². The zero-order valence-electron chi connectivity index (χ0n) is 13.3. The molecule has 1 unspecified atom stereocenters. The second kappa shape index (κ2) is 6.23. The van der Waals surface area contributed by atoms with Crippen LogP contribution in [0.2, 0.25) is 0 Å². The summed E-state index contributed by atoms with van der Waals surface area (Å²) in [6, 6.07) is 15.8. The van der Waals surface area contributed by atoms with Gasteiger partial charge in [0, 0.05) is 6.54 Å². The van der Waals surface area contributed by atoms with Gasteiger partial charge in [-0.05, 0) is 42.7 Å². The number of aromatic nitrogens is 2. The first kappa shape index (κ1) is 15.3. The highest BCUT2D eigenvalue weighted by Gasteiger charge is 2.20. The predicted molar refractivity (Wildman–Crippen MR) is 89.9 cm³/mol. The fourth-order valence-corrected chi connectivity index (χ4v) is 2.79. The Bertz CT molecular complexity index is 875. The van der Waals surface area contributed by atoms with Crippen LogP contribution < -0.4 is 0 Å². The maximum Gasteiger partial charge on any atom is 0.143 e. The van der Waals surface area contributed by atoms with E-state index >= 15 is 0 Å². The molecule has 0 saturated carbocycles. The van der Waals surface area contributed by atoms with E-state index in [0.29, 0.717) is 18.8 Å². The van der Waals surface area contributed by atoms with Gasteiger partial charge in [0.2, 0.25) is 0 Å². The molecule has 116 valence electrons. The molecule has 3 rings (SSSR count). The molecule has 0 bridgehead atoms. The van der Waals surface area contributed by atoms with E-state index in [0.717, 1.165) is 16.6 Å². The highest BCUT2D eigenvalue weighted by atomic mass is 16.3. The van der Waals surface area contributed by atoms with Gasteiger partial charge in [-0.1, -0.05) is 30.3 Å². The summed E-state index contributed by atoms with van der Waals surface area (Å²) in [7, 11) is 0. The van der Waals surface area contributed by atoms with Crippen molar-refractivity contribution in [1.29, 1.82) is 5.26 Å². The lowest BCUT2D eigenvalue weighted by atomic mass is 10.1. The Morgan fingerprint density at radius 3 is 2.57 bits per heavy atom. The molecule has 23 heavy (non-hydrogen) atoms. The van der Waals surface area contributed by atoms with Crippen LogP contribution in [-0.2, 0) is 6.54 Å². The van der Waals surface area contributed by atoms with E-state index in [9.17, 15) is 5.11 Å². The molecule has 0 aliphatic carbocycles. The summed E-state index contributed by atoms with van der Waals surface area (Å²) >= 11 is 0. The number of aryl methyl sites for hydroxylation is 3. The summed E-state index contributed by atoms with van der Waals surface area (Å²) in [6.07, 6.45) is -0.421. The van der Waals surface area contributed by atoms with E-state index in [1.165, 1.54) is 11.1 Å². The molecule has 0 spiro atoms. The first-order chi connectivity index (χ1) is 11.1. The molecule has 0 amide bonds. The highest BCUT2D eigenvalue weighted by molar-refractivity contribution is 5.78. The number of nitrogens with zero attached hydrogens (tertiary/aromatic N) is 3. The van der Waals surface area contributed by atoms with E-state index in [-0.39, 0.29) is 0 Å². The number of fused-ring (bicyclic) bond motifs is 1. The smallest absolute Gasteiger partial charge is 0.143 e. The molecular formula is C19H19N3O. The molecule has 1 heterocycles. The Kier molecular flexibility index (Phi) is 4.14. The van der Waals surface area contributed by atoms with Gasteiger partial charge >= 0.3 is 0 Å². The lowest BCUT2D eigenvalue weighted by molar-refractivity contribution is 0.205. The maximum absolute atomic E-state index is 10.7. The Hall–Kier alpha value is -2.64. The Morgan fingerprint density at radius 1 is 1.17 bits per heavy atom. The van der Waals surface area contributed by atoms with Gasteiger partial charge in [0.1, 0.15) is 11.9 Å². The summed E-state index contributed by atoms with van der Waals surface area (Å²) in [6.45, 7) is 4.63. The third kappa shape index (κ3) is 2.84. The van der Waals surface area contributed by atoms with Gasteiger partial charge in [-0.3, -0.25) is 0 Å². The maximum atomic E-state index is 10.7. The van der Waals surface area contributed by atoms with Crippen LogP contribution in [0.4, 0.5) is 0 Å². The SMILES string of the molecule is Cc1cc2nc(C(O)c3ccccc3)n(CCC#N)c2cc1C. The van der Waals surface area contributed by atoms with Gasteiger partial charge in [-0.2, -0.15) is 5.26 Å². The Labute approximate surface area is 135 Å². The predicted octanol–water partition coefficient (Wildman–Crippen LogP) is 3.65. The van der Waals surface area contributed by atoms with Crippen LogP contribution in [0.1, 0.15) is 35.0 Å². The average molecular weight is 305 g/mol. The van der Waals surface area contributed by atoms with E-state index in [1.807, 2.05) is 41.0 Å². The number of hydrogen-bond donors (Lipinski definition) is 1. The Morgan fingerprint density at radius 2 is 1.87 bits per heavy atom. The van der Waals surface area contributed by atoms with Gasteiger partial charge in [-0.25, -0.2) is 4.98 Å². The topological polar surface area (TPSA) is 61.8 Å². The van der Waals surface area contributed by atoms with Crippen LogP contribution in [0, 0.1) is 25.2 Å². The first-order valence-corrected chi connectivity index (χ1v) is 7.69. The number of benzene rings is 2. The van der Waals surface area contributed by atoms with E-state index < -0.39 is 6.10 Å². The van der Waals surface area contributed by atoms with Crippen LogP contribution in [0.15, 0.2) is 42.5 Å². The molecule has 4 heteroatoms. The van der Waals surface area contributed by atoms with E-state index in [1.54, 1.807) is 0 Å². The minimum Gasteiger partial charge on any atom is -0.380 e. The lowest BCUT2D eigenvalue weighted by Gasteiger charge is -2.13. The van der Waals surface area contributed by atoms with Crippen molar-refractivity contribution in [3.05, 3.63) is 65.0 Å². The van der Waals surface area contributed by atoms with Crippen LogP contribution in [0.3, 0.4) is 0 Å². The molecule has 0 aliphatic heterocycles. The molecule has 0 fully saturated rings. The van der Waals surface area contributed by atoms with Crippen molar-refractivity contribution >= 4 is 11.0 Å². The van der Waals surface area contributed by atoms with Crippen molar-refractivity contribution in [2.75, 3.05) is 0 Å². The van der Waals surface area contributed by atoms with Gasteiger partial charge in [0.15, 0.2) is 0 Å². The minimum atomic E-state index is -0.803. The lowest BCUT2D eigenvalue weighted by Crippen LogP contribution is -2.10. The molecule has 0 saturated heterocycles. The zero-order valence-corrected chi connectivity index (χ0v) is 13.3. The number of aliphatic hydroxyl groups is 1. The second-order valence-corrected chi connectivity index (χ2v) is 5.77. The van der Waals surface area contributed by atoms with E-state index in [2.05, 4.69) is 31.0 Å². The monoisotopic (exact) mass is 305 g/mol. The van der Waals surface area contributed by atoms with Crippen molar-refractivity contribution in [2.24, 2.45) is 0 Å². The normalized spacial score (nSPS) is 12.3. The van der Waals surface area contributed by atoms with Crippen molar-refractivity contribution in [2.45, 2.75) is 32.9 Å². The molecule has 2 aromatic carbocycles. The van der Waals surface area contributed by atoms with E-state index in [4.69, 9.17) is 5.26 Å². The zero-order chi connectivity index (χ0) is 16.4. The molecule has 1 atom stereocenters. The summed E-state index contributed by atoms with van der Waals surface area (Å²) in [4.78, 5) is 4.65. The van der Waals surface area contributed by atoms with Crippen molar-refractivity contribution in [1.82, 2.24) is 9.55 Å². The number of nitriles is 1. The fourth-order valence-electron chi connectivity index (χ4n) is 2.79. The van der Waals surface area contributed by atoms with Crippen LogP contribution in [-0.4, -0.2) is 14.7 Å². The van der Waals surface area contributed by atoms with Crippen molar-refractivity contribution in [3.8, 4) is 6.07 Å². The summed E-state index contributed by atoms with van der Waals surface area (Å²) in [5.74, 6) is 0.589. The molecule has 0 radical (unpaired) electrons. The quantitative estimate of drug-likeness (QED) is 0.800. The van der Waals surface area contributed by atoms with Gasteiger partial charge in [-0.15, -0.1) is 0 Å². The average Bonchev–Trinajstić information content (AvgIpc) is 2.91. The number of rotatable bonds is 4. The van der Waals surface area contributed by atoms with Gasteiger partial charge in [0.05, 0.1) is 23.5 Å². The third-order valence-corrected chi connectivity index (χ3v) is 4.20. The van der Waals surface area contributed by atoms with Gasteiger partial charge < -0.3 is 9.67 Å². The van der Waals surface area contributed by atoms with Crippen LogP contribution in [0.25, 0.3) is 11.0 Å². The second-order valence-electron chi connectivity index (χ2n) is 5.77. The highest BCUT2D eigenvalue weighted by Crippen LogP contribution is 2.27. The van der Waals surface area contributed by atoms with Crippen LogP contribution >= 0.6 is 0 Å². The number of hydrogen-bond acceptors (Lipinski definition) is 3. The van der Waals surface area contributed by atoms with Crippen molar-refractivity contribution in [3.63, 3.8) is 0 Å². The minimum absolute atomic E-state index is 0.382. The summed E-state index contributed by atoms with van der Waals surface area (Å²) < 4.78 is 1.96. The number of aliphatic hydroxyl groups excluding tert-OH is 1. The fraction of sp³-hybridized carbons (Fsp3) is 0.263. The molecule has 1 aromatic heterocycles. The van der Waals surface area contributed by atoms with Gasteiger partial charge in [0.25, 0.3) is 0 Å². The Balaban J connectivity index is 2.17. The number of imidazole rings is 1. The molecule has 3 aromatic rings. The molecule has 0 aliphatic rings. The molecule has 4 nitrogen and oxygen atoms in total. The molecular weight excluding hydrogens is 286 g/mol. The largest absolute Gasteiger partial charge is 0.380 e. The standard InChI is InChI=1S/C19H19N3O/c1-13-11-16-17(12-14(13)2)22(10-6-9-20)19(21-16)18(23)15-7-4-3-5-8-15/h3-5,7-8,11-12,18,23H,6,10H2,1-2H3.